The molecule has 0 aliphatic rings. The molecule has 2 aromatic heterocycles. The lowest BCUT2D eigenvalue weighted by Crippen LogP contribution is -2.22. The van der Waals surface area contributed by atoms with Gasteiger partial charge in [0.1, 0.15) is 0 Å². The molecule has 0 aliphatic carbocycles. The number of methoxy groups -OCH3 is 1. The van der Waals surface area contributed by atoms with Crippen molar-refractivity contribution in [1.29, 1.82) is 0 Å². The highest BCUT2D eigenvalue weighted by Crippen LogP contribution is 2.23. The molecule has 0 atom stereocenters. The Morgan fingerprint density at radius 3 is 2.78 bits per heavy atom. The number of nitrogens with one attached hydrogen (secondary N) is 1. The molecular formula is C16H15N3O4. The number of oxazole rings is 1. The first-order chi connectivity index (χ1) is 11.1. The lowest BCUT2D eigenvalue weighted by molar-refractivity contribution is 0.170. The van der Waals surface area contributed by atoms with E-state index in [0.717, 1.165) is 22.3 Å². The van der Waals surface area contributed by atoms with Gasteiger partial charge in [0, 0.05) is 18.8 Å². The van der Waals surface area contributed by atoms with Gasteiger partial charge < -0.3 is 14.5 Å². The Morgan fingerprint density at radius 2 is 2.09 bits per heavy atom. The molecule has 1 amide bonds. The van der Waals surface area contributed by atoms with E-state index in [1.165, 1.54) is 11.7 Å². The number of alkyl carbamates (subject to hydrolysis) is 1. The van der Waals surface area contributed by atoms with Gasteiger partial charge in [0.25, 0.3) is 0 Å². The highest BCUT2D eigenvalue weighted by Gasteiger charge is 2.08. The predicted octanol–water partition coefficient (Wildman–Crippen LogP) is 2.05. The van der Waals surface area contributed by atoms with E-state index in [-0.39, 0.29) is 5.76 Å². The van der Waals surface area contributed by atoms with Crippen LogP contribution >= 0.6 is 0 Å². The van der Waals surface area contributed by atoms with Gasteiger partial charge in [0.15, 0.2) is 5.58 Å². The van der Waals surface area contributed by atoms with E-state index in [1.807, 2.05) is 24.3 Å². The summed E-state index contributed by atoms with van der Waals surface area (Å²) in [5, 5.41) is 2.57. The molecule has 7 nitrogen and oxygen atoms in total. The average molecular weight is 313 g/mol. The van der Waals surface area contributed by atoms with Crippen LogP contribution in [0.5, 0.6) is 0 Å². The fourth-order valence-electron chi connectivity index (χ4n) is 2.24. The van der Waals surface area contributed by atoms with Crippen molar-refractivity contribution in [1.82, 2.24) is 14.9 Å². The Bertz CT molecular complexity index is 909. The number of amides is 1. The molecular weight excluding hydrogens is 298 g/mol. The van der Waals surface area contributed by atoms with E-state index in [9.17, 15) is 9.59 Å². The summed E-state index contributed by atoms with van der Waals surface area (Å²) in [7, 11) is 2.98. The number of pyridine rings is 1. The molecule has 7 heteroatoms. The van der Waals surface area contributed by atoms with Crippen LogP contribution in [0.3, 0.4) is 0 Å². The topological polar surface area (TPSA) is 86.4 Å². The van der Waals surface area contributed by atoms with Gasteiger partial charge in [-0.1, -0.05) is 12.1 Å². The third-order valence-corrected chi connectivity index (χ3v) is 3.55. The average Bonchev–Trinajstić information content (AvgIpc) is 2.87. The maximum absolute atomic E-state index is 11.5. The van der Waals surface area contributed by atoms with Crippen molar-refractivity contribution < 1.29 is 13.9 Å². The van der Waals surface area contributed by atoms with Crippen molar-refractivity contribution in [3.8, 4) is 11.1 Å². The number of fused-ring (bicyclic) bond motifs is 1. The summed E-state index contributed by atoms with van der Waals surface area (Å²) < 4.78 is 11.1. The van der Waals surface area contributed by atoms with Gasteiger partial charge in [-0.15, -0.1) is 0 Å². The van der Waals surface area contributed by atoms with E-state index in [2.05, 4.69) is 15.0 Å². The van der Waals surface area contributed by atoms with Crippen LogP contribution in [0.2, 0.25) is 0 Å². The number of aromatic nitrogens is 2. The number of ether oxygens (including phenoxy) is 1. The smallest absolute Gasteiger partial charge is 0.419 e. The predicted molar refractivity (Wildman–Crippen MR) is 83.9 cm³/mol. The van der Waals surface area contributed by atoms with Gasteiger partial charge in [-0.25, -0.2) is 9.59 Å². The van der Waals surface area contributed by atoms with Gasteiger partial charge >= 0.3 is 11.8 Å². The van der Waals surface area contributed by atoms with E-state index in [4.69, 9.17) is 4.42 Å². The first kappa shape index (κ1) is 14.8. The lowest BCUT2D eigenvalue weighted by atomic mass is 10.1. The summed E-state index contributed by atoms with van der Waals surface area (Å²) >= 11 is 0. The summed E-state index contributed by atoms with van der Waals surface area (Å²) in [6, 6.07) is 9.24. The van der Waals surface area contributed by atoms with Crippen molar-refractivity contribution in [2.75, 3.05) is 7.11 Å². The fourth-order valence-corrected chi connectivity index (χ4v) is 2.24. The summed E-state index contributed by atoms with van der Waals surface area (Å²) in [5.41, 5.74) is 3.82. The minimum Gasteiger partial charge on any atom is -0.453 e. The largest absolute Gasteiger partial charge is 0.453 e. The van der Waals surface area contributed by atoms with E-state index >= 15 is 0 Å². The van der Waals surface area contributed by atoms with Crippen LogP contribution in [0.4, 0.5) is 4.79 Å². The van der Waals surface area contributed by atoms with E-state index in [0.29, 0.717) is 12.1 Å². The Labute approximate surface area is 131 Å². The zero-order valence-corrected chi connectivity index (χ0v) is 12.7. The number of benzene rings is 1. The molecule has 3 rings (SSSR count). The number of aryl methyl sites for hydroxylation is 1. The molecule has 0 radical (unpaired) electrons. The second-order valence-electron chi connectivity index (χ2n) is 4.99. The Kier molecular flexibility index (Phi) is 3.84. The lowest BCUT2D eigenvalue weighted by Gasteiger charge is -2.05. The maximum atomic E-state index is 11.5. The maximum Gasteiger partial charge on any atom is 0.419 e. The Balaban J connectivity index is 1.85. The zero-order chi connectivity index (χ0) is 16.4. The molecule has 1 N–H and O–H groups in total. The van der Waals surface area contributed by atoms with Crippen LogP contribution in [0.25, 0.3) is 22.2 Å². The molecule has 0 unspecified atom stereocenters. The van der Waals surface area contributed by atoms with Gasteiger partial charge in [0.05, 0.1) is 24.9 Å². The van der Waals surface area contributed by atoms with Crippen molar-refractivity contribution >= 4 is 17.2 Å². The van der Waals surface area contributed by atoms with Crippen LogP contribution in [-0.2, 0) is 18.3 Å². The number of hydrogen-bond acceptors (Lipinski definition) is 5. The van der Waals surface area contributed by atoms with Gasteiger partial charge in [-0.3, -0.25) is 9.55 Å². The first-order valence-corrected chi connectivity index (χ1v) is 6.95. The Morgan fingerprint density at radius 1 is 1.30 bits per heavy atom. The molecule has 118 valence electrons. The van der Waals surface area contributed by atoms with Crippen LogP contribution in [0, 0.1) is 0 Å². The van der Waals surface area contributed by atoms with Gasteiger partial charge in [0.2, 0.25) is 0 Å². The fraction of sp³-hybridized carbons (Fsp3) is 0.188. The third kappa shape index (κ3) is 2.94. The molecule has 0 aliphatic heterocycles. The number of rotatable bonds is 3. The molecule has 0 spiro atoms. The quantitative estimate of drug-likeness (QED) is 0.799. The van der Waals surface area contributed by atoms with Crippen LogP contribution in [-0.4, -0.2) is 22.8 Å². The monoisotopic (exact) mass is 313 g/mol. The first-order valence-electron chi connectivity index (χ1n) is 6.95. The standard InChI is InChI=1S/C16H15N3O4/c1-19-13-7-10(4-6-14(13)23-16(19)21)11-3-5-12(17-8-11)9-18-15(20)22-2/h3-8H,9H2,1-2H3,(H,18,20). The molecule has 3 aromatic rings. The summed E-state index contributed by atoms with van der Waals surface area (Å²) in [4.78, 5) is 26.9. The zero-order valence-electron chi connectivity index (χ0n) is 12.7. The number of carbonyl (C=O) groups excluding carboxylic acids is 1. The minimum absolute atomic E-state index is 0.294. The molecule has 0 saturated heterocycles. The molecule has 1 aromatic carbocycles. The van der Waals surface area contributed by atoms with Crippen molar-refractivity contribution in [3.05, 3.63) is 52.8 Å². The van der Waals surface area contributed by atoms with E-state index in [1.54, 1.807) is 19.3 Å². The second kappa shape index (κ2) is 5.96. The second-order valence-corrected chi connectivity index (χ2v) is 4.99. The highest BCUT2D eigenvalue weighted by molar-refractivity contribution is 5.80. The highest BCUT2D eigenvalue weighted by atomic mass is 16.5. The van der Waals surface area contributed by atoms with Gasteiger partial charge in [-0.05, 0) is 23.8 Å². The van der Waals surface area contributed by atoms with Crippen LogP contribution in [0.15, 0.2) is 45.7 Å². The van der Waals surface area contributed by atoms with Crippen LogP contribution < -0.4 is 11.1 Å². The van der Waals surface area contributed by atoms with Crippen LogP contribution in [0.1, 0.15) is 5.69 Å². The Hall–Kier alpha value is -3.09. The number of carbonyl (C=O) groups is 1. The van der Waals surface area contributed by atoms with Crippen molar-refractivity contribution in [3.63, 3.8) is 0 Å². The molecule has 23 heavy (non-hydrogen) atoms. The van der Waals surface area contributed by atoms with Crippen molar-refractivity contribution in [2.45, 2.75) is 6.54 Å². The molecule has 0 saturated carbocycles. The van der Waals surface area contributed by atoms with Crippen molar-refractivity contribution in [2.24, 2.45) is 7.05 Å². The SMILES string of the molecule is COC(=O)NCc1ccc(-c2ccc3oc(=O)n(C)c3c2)cn1. The summed E-state index contributed by atoms with van der Waals surface area (Å²) in [6.45, 7) is 0.294. The number of nitrogens with zero attached hydrogens (tertiary/aromatic N) is 2. The van der Waals surface area contributed by atoms with Gasteiger partial charge in [-0.2, -0.15) is 0 Å². The molecule has 2 heterocycles. The normalized spacial score (nSPS) is 10.7. The molecule has 0 fully saturated rings. The third-order valence-electron chi connectivity index (χ3n) is 3.55. The van der Waals surface area contributed by atoms with E-state index < -0.39 is 6.09 Å². The minimum atomic E-state index is -0.498. The summed E-state index contributed by atoms with van der Waals surface area (Å²) in [6.07, 6.45) is 1.22. The molecule has 0 bridgehead atoms. The number of hydrogen-bond donors (Lipinski definition) is 1. The summed E-state index contributed by atoms with van der Waals surface area (Å²) in [5.74, 6) is -0.389.